The molecule has 8 nitrogen and oxygen atoms in total. The molecule has 0 spiro atoms. The molecule has 0 unspecified atom stereocenters. The van der Waals surface area contributed by atoms with E-state index in [1.165, 1.54) is 17.7 Å². The third-order valence-corrected chi connectivity index (χ3v) is 6.99. The number of anilines is 3. The molecule has 36 heavy (non-hydrogen) atoms. The van der Waals surface area contributed by atoms with E-state index in [1.807, 2.05) is 30.3 Å². The van der Waals surface area contributed by atoms with E-state index in [4.69, 9.17) is 5.73 Å². The number of benzene rings is 2. The van der Waals surface area contributed by atoms with Crippen LogP contribution in [-0.2, 0) is 19.5 Å². The number of nitrogen functional groups attached to an aromatic ring is 1. The number of halogens is 1. The van der Waals surface area contributed by atoms with Crippen LogP contribution >= 0.6 is 0 Å². The normalized spacial score (nSPS) is 16.1. The van der Waals surface area contributed by atoms with E-state index in [1.54, 1.807) is 18.0 Å². The number of hydrogen-bond donors (Lipinski definition) is 1. The minimum Gasteiger partial charge on any atom is -0.368 e. The van der Waals surface area contributed by atoms with Crippen LogP contribution in [0.1, 0.15) is 27.0 Å². The summed E-state index contributed by atoms with van der Waals surface area (Å²) in [6.45, 7) is 5.59. The van der Waals surface area contributed by atoms with Gasteiger partial charge in [-0.1, -0.05) is 18.2 Å². The summed E-state index contributed by atoms with van der Waals surface area (Å²) in [6, 6.07) is 14.3. The number of nitrogens with zero attached hydrogens (tertiary/aromatic N) is 6. The number of fused-ring (bicyclic) bond motifs is 1. The second-order valence-electron chi connectivity index (χ2n) is 9.68. The summed E-state index contributed by atoms with van der Waals surface area (Å²) in [6.07, 6.45) is 0.858. The minimum atomic E-state index is -0.302. The van der Waals surface area contributed by atoms with E-state index in [0.29, 0.717) is 18.7 Å². The van der Waals surface area contributed by atoms with Crippen LogP contribution in [0.2, 0.25) is 0 Å². The van der Waals surface area contributed by atoms with Crippen LogP contribution in [0.25, 0.3) is 0 Å². The first-order valence-electron chi connectivity index (χ1n) is 12.3. The zero-order valence-electron chi connectivity index (χ0n) is 20.8. The molecule has 2 aliphatic heterocycles. The highest BCUT2D eigenvalue weighted by Gasteiger charge is 2.23. The van der Waals surface area contributed by atoms with Crippen molar-refractivity contribution in [3.8, 4) is 0 Å². The summed E-state index contributed by atoms with van der Waals surface area (Å²) < 4.78 is 13.5. The standard InChI is InChI=1S/C27H32FN7O/c1-32-10-12-34(13-11-32)24-16-25(31-27(29)30-24)35-9-8-20-6-7-21(15-22(20)18-35)26(36)33(2)17-19-4-3-5-23(28)14-19/h3-7,14-16H,8-13,17-18H2,1-2H3,(H2,29,30,31). The van der Waals surface area contributed by atoms with Gasteiger partial charge in [-0.05, 0) is 54.4 Å². The number of hydrogen-bond acceptors (Lipinski definition) is 7. The predicted molar refractivity (Wildman–Crippen MR) is 140 cm³/mol. The fourth-order valence-electron chi connectivity index (χ4n) is 4.89. The van der Waals surface area contributed by atoms with Crippen molar-refractivity contribution in [1.82, 2.24) is 19.8 Å². The largest absolute Gasteiger partial charge is 0.368 e. The number of likely N-dealkylation sites (N-methyl/N-ethyl adjacent to an activating group) is 1. The molecule has 3 aromatic rings. The molecule has 0 atom stereocenters. The van der Waals surface area contributed by atoms with Crippen molar-refractivity contribution >= 4 is 23.5 Å². The van der Waals surface area contributed by atoms with Gasteiger partial charge in [-0.15, -0.1) is 0 Å². The van der Waals surface area contributed by atoms with Crippen molar-refractivity contribution in [1.29, 1.82) is 0 Å². The lowest BCUT2D eigenvalue weighted by atomic mass is 9.97. The van der Waals surface area contributed by atoms with Crippen LogP contribution in [0.4, 0.5) is 22.0 Å². The van der Waals surface area contributed by atoms with Crippen molar-refractivity contribution in [2.45, 2.75) is 19.5 Å². The first-order valence-corrected chi connectivity index (χ1v) is 12.3. The molecule has 1 aromatic heterocycles. The number of nitrogens with two attached hydrogens (primary N) is 1. The monoisotopic (exact) mass is 489 g/mol. The highest BCUT2D eigenvalue weighted by molar-refractivity contribution is 5.94. The Hall–Kier alpha value is -3.72. The molecule has 1 fully saturated rings. The van der Waals surface area contributed by atoms with E-state index < -0.39 is 0 Å². The van der Waals surface area contributed by atoms with Crippen LogP contribution in [0.5, 0.6) is 0 Å². The SMILES string of the molecule is CN1CCN(c2cc(N3CCc4ccc(C(=O)N(C)Cc5cccc(F)c5)cc4C3)nc(N)n2)CC1. The van der Waals surface area contributed by atoms with Gasteiger partial charge in [-0.2, -0.15) is 9.97 Å². The first-order chi connectivity index (χ1) is 17.4. The van der Waals surface area contributed by atoms with Crippen LogP contribution in [-0.4, -0.2) is 72.5 Å². The second kappa shape index (κ2) is 10.1. The highest BCUT2D eigenvalue weighted by Crippen LogP contribution is 2.28. The molecule has 2 N–H and O–H groups in total. The Kier molecular flexibility index (Phi) is 6.73. The van der Waals surface area contributed by atoms with Gasteiger partial charge in [0.2, 0.25) is 5.95 Å². The van der Waals surface area contributed by atoms with Gasteiger partial charge in [-0.3, -0.25) is 4.79 Å². The van der Waals surface area contributed by atoms with E-state index >= 15 is 0 Å². The van der Waals surface area contributed by atoms with Gasteiger partial charge < -0.3 is 25.3 Å². The summed E-state index contributed by atoms with van der Waals surface area (Å²) in [5.41, 5.74) is 9.82. The van der Waals surface area contributed by atoms with Crippen molar-refractivity contribution < 1.29 is 9.18 Å². The molecule has 0 aliphatic carbocycles. The molecule has 188 valence electrons. The Morgan fingerprint density at radius 3 is 2.47 bits per heavy atom. The molecule has 5 rings (SSSR count). The fourth-order valence-corrected chi connectivity index (χ4v) is 4.89. The molecule has 3 heterocycles. The van der Waals surface area contributed by atoms with Gasteiger partial charge in [0.05, 0.1) is 0 Å². The van der Waals surface area contributed by atoms with Gasteiger partial charge in [0, 0.05) is 64.5 Å². The number of piperazine rings is 1. The number of amides is 1. The predicted octanol–water partition coefficient (Wildman–Crippen LogP) is 2.78. The fraction of sp³-hybridized carbons (Fsp3) is 0.370. The van der Waals surface area contributed by atoms with Crippen LogP contribution in [0.15, 0.2) is 48.5 Å². The molecule has 9 heteroatoms. The molecule has 0 saturated carbocycles. The van der Waals surface area contributed by atoms with E-state index in [0.717, 1.165) is 61.9 Å². The van der Waals surface area contributed by atoms with Gasteiger partial charge in [-0.25, -0.2) is 4.39 Å². The van der Waals surface area contributed by atoms with E-state index in [2.05, 4.69) is 31.7 Å². The smallest absolute Gasteiger partial charge is 0.253 e. The van der Waals surface area contributed by atoms with Crippen LogP contribution in [0.3, 0.4) is 0 Å². The third-order valence-electron chi connectivity index (χ3n) is 6.99. The molecule has 0 bridgehead atoms. The van der Waals surface area contributed by atoms with Crippen molar-refractivity contribution in [2.24, 2.45) is 0 Å². The van der Waals surface area contributed by atoms with Gasteiger partial charge in [0.15, 0.2) is 0 Å². The zero-order chi connectivity index (χ0) is 25.2. The summed E-state index contributed by atoms with van der Waals surface area (Å²) in [5.74, 6) is 1.54. The average molecular weight is 490 g/mol. The van der Waals surface area contributed by atoms with Gasteiger partial charge >= 0.3 is 0 Å². The Bertz CT molecular complexity index is 1260. The number of carbonyl (C=O) groups is 1. The van der Waals surface area contributed by atoms with Crippen molar-refractivity contribution in [3.05, 3.63) is 76.6 Å². The molecule has 0 radical (unpaired) electrons. The number of carbonyl (C=O) groups excluding carboxylic acids is 1. The highest BCUT2D eigenvalue weighted by atomic mass is 19.1. The lowest BCUT2D eigenvalue weighted by Gasteiger charge is -2.34. The third kappa shape index (κ3) is 5.26. The topological polar surface area (TPSA) is 81.8 Å². The summed E-state index contributed by atoms with van der Waals surface area (Å²) in [5, 5.41) is 0. The minimum absolute atomic E-state index is 0.0946. The summed E-state index contributed by atoms with van der Waals surface area (Å²) >= 11 is 0. The lowest BCUT2D eigenvalue weighted by Crippen LogP contribution is -2.45. The van der Waals surface area contributed by atoms with E-state index in [9.17, 15) is 9.18 Å². The Labute approximate surface area is 211 Å². The van der Waals surface area contributed by atoms with Gasteiger partial charge in [0.25, 0.3) is 5.91 Å². The van der Waals surface area contributed by atoms with Crippen LogP contribution < -0.4 is 15.5 Å². The molecule has 1 saturated heterocycles. The Morgan fingerprint density at radius 1 is 0.972 bits per heavy atom. The van der Waals surface area contributed by atoms with Gasteiger partial charge in [0.1, 0.15) is 17.5 Å². The van der Waals surface area contributed by atoms with Crippen molar-refractivity contribution in [3.63, 3.8) is 0 Å². The number of rotatable bonds is 5. The molecular weight excluding hydrogens is 457 g/mol. The van der Waals surface area contributed by atoms with E-state index in [-0.39, 0.29) is 17.7 Å². The summed E-state index contributed by atoms with van der Waals surface area (Å²) in [4.78, 5) is 30.5. The molecule has 2 aromatic carbocycles. The maximum absolute atomic E-state index is 13.5. The maximum atomic E-state index is 13.5. The average Bonchev–Trinajstić information content (AvgIpc) is 2.87. The summed E-state index contributed by atoms with van der Waals surface area (Å²) in [7, 11) is 3.86. The maximum Gasteiger partial charge on any atom is 0.253 e. The molecule has 2 aliphatic rings. The Balaban J connectivity index is 1.32. The Morgan fingerprint density at radius 2 is 1.72 bits per heavy atom. The quantitative estimate of drug-likeness (QED) is 0.590. The van der Waals surface area contributed by atoms with Crippen molar-refractivity contribution in [2.75, 3.05) is 62.4 Å². The molecular formula is C27H32FN7O. The zero-order valence-corrected chi connectivity index (χ0v) is 20.8. The molecule has 1 amide bonds. The van der Waals surface area contributed by atoms with Crippen LogP contribution in [0, 0.1) is 5.82 Å². The first kappa shape index (κ1) is 24.0. The lowest BCUT2D eigenvalue weighted by molar-refractivity contribution is 0.0785. The second-order valence-corrected chi connectivity index (χ2v) is 9.68. The number of aromatic nitrogens is 2.